The van der Waals surface area contributed by atoms with Gasteiger partial charge in [0.15, 0.2) is 11.5 Å². The number of methoxy groups -OCH3 is 1. The molecular weight excluding hydrogens is 144 g/mol. The lowest BCUT2D eigenvalue weighted by Gasteiger charge is -2.08. The maximum Gasteiger partial charge on any atom is 0.220 e. The molecule has 0 aromatic rings. The molecule has 3 heteroatoms. The summed E-state index contributed by atoms with van der Waals surface area (Å²) in [6.45, 7) is 1.50. The first-order valence-corrected chi connectivity index (χ1v) is 3.10. The van der Waals surface area contributed by atoms with E-state index in [4.69, 9.17) is 6.11 Å². The second-order valence-corrected chi connectivity index (χ2v) is 2.14. The first-order chi connectivity index (χ1) is 5.57. The molecule has 0 fully saturated rings. The Labute approximate surface area is 65.8 Å². The molecule has 0 aromatic carbocycles. The Morgan fingerprint density at radius 2 is 2.09 bits per heavy atom. The summed E-state index contributed by atoms with van der Waals surface area (Å²) in [6, 6.07) is -0.317. The van der Waals surface area contributed by atoms with Crippen LogP contribution < -0.4 is 0 Å². The summed E-state index contributed by atoms with van der Waals surface area (Å²) in [7, 11) is 1.31. The van der Waals surface area contributed by atoms with E-state index in [1.165, 1.54) is 14.0 Å². The van der Waals surface area contributed by atoms with E-state index in [1.807, 2.05) is 0 Å². The summed E-state index contributed by atoms with van der Waals surface area (Å²) < 4.78 is 11.8. The van der Waals surface area contributed by atoms with Crippen LogP contribution in [0.5, 0.6) is 0 Å². The van der Waals surface area contributed by atoms with Crippen molar-refractivity contribution in [3.8, 4) is 0 Å². The van der Waals surface area contributed by atoms with Gasteiger partial charge in [0.25, 0.3) is 0 Å². The molecule has 1 aliphatic rings. The van der Waals surface area contributed by atoms with Gasteiger partial charge in [0.05, 0.1) is 8.48 Å². The molecule has 0 N–H and O–H groups in total. The van der Waals surface area contributed by atoms with Gasteiger partial charge >= 0.3 is 0 Å². The summed E-state index contributed by atoms with van der Waals surface area (Å²) in [6.07, 6.45) is 1.00. The molecular formula is C8H8O3. The maximum atomic E-state index is 11.1. The van der Waals surface area contributed by atoms with Gasteiger partial charge in [-0.2, -0.15) is 0 Å². The average molecular weight is 153 g/mol. The number of ether oxygens (including phenoxy) is 1. The van der Waals surface area contributed by atoms with Gasteiger partial charge in [-0.05, 0) is 19.1 Å². The van der Waals surface area contributed by atoms with Crippen molar-refractivity contribution >= 4 is 11.6 Å². The van der Waals surface area contributed by atoms with E-state index in [2.05, 4.69) is 0 Å². The van der Waals surface area contributed by atoms with E-state index >= 15 is 0 Å². The molecule has 3 nitrogen and oxygen atoms in total. The fraction of sp³-hybridized carbons (Fsp3) is 0.250. The van der Waals surface area contributed by atoms with Crippen molar-refractivity contribution in [2.24, 2.45) is 0 Å². The smallest absolute Gasteiger partial charge is 0.220 e. The van der Waals surface area contributed by atoms with Crippen molar-refractivity contribution in [1.82, 2.24) is 0 Å². The van der Waals surface area contributed by atoms with Crippen LogP contribution in [0.2, 0.25) is 0 Å². The SMILES string of the molecule is [2H]C1=CC(=O)C(C)=C(OC)C1=O. The van der Waals surface area contributed by atoms with Gasteiger partial charge < -0.3 is 4.74 Å². The molecule has 0 saturated carbocycles. The summed E-state index contributed by atoms with van der Waals surface area (Å²) in [5.41, 5.74) is 0.263. The Hall–Kier alpha value is -1.38. The molecule has 0 saturated heterocycles. The first-order valence-electron chi connectivity index (χ1n) is 3.60. The van der Waals surface area contributed by atoms with E-state index < -0.39 is 5.78 Å². The van der Waals surface area contributed by atoms with Crippen LogP contribution in [0, 0.1) is 0 Å². The van der Waals surface area contributed by atoms with Crippen molar-refractivity contribution in [2.45, 2.75) is 6.92 Å². The van der Waals surface area contributed by atoms with E-state index in [0.29, 0.717) is 0 Å². The van der Waals surface area contributed by atoms with Crippen LogP contribution in [0.25, 0.3) is 0 Å². The predicted molar refractivity (Wildman–Crippen MR) is 38.9 cm³/mol. The fourth-order valence-corrected chi connectivity index (χ4v) is 0.833. The molecule has 0 spiro atoms. The highest BCUT2D eigenvalue weighted by Gasteiger charge is 2.19. The van der Waals surface area contributed by atoms with Gasteiger partial charge in [0.2, 0.25) is 5.78 Å². The molecule has 1 rings (SSSR count). The molecule has 0 amide bonds. The lowest BCUT2D eigenvalue weighted by Crippen LogP contribution is -2.13. The number of ketones is 2. The molecule has 0 unspecified atom stereocenters. The monoisotopic (exact) mass is 153 g/mol. The highest BCUT2D eigenvalue weighted by Crippen LogP contribution is 2.13. The van der Waals surface area contributed by atoms with E-state index in [9.17, 15) is 9.59 Å². The third-order valence-electron chi connectivity index (χ3n) is 1.45. The van der Waals surface area contributed by atoms with Crippen LogP contribution in [0.1, 0.15) is 8.29 Å². The molecule has 0 aliphatic heterocycles. The molecule has 0 aromatic heterocycles. The highest BCUT2D eigenvalue weighted by atomic mass is 16.5. The summed E-state index contributed by atoms with van der Waals surface area (Å²) in [5, 5.41) is 0. The third-order valence-corrected chi connectivity index (χ3v) is 1.45. The van der Waals surface area contributed by atoms with Crippen LogP contribution in [0.3, 0.4) is 0 Å². The second kappa shape index (κ2) is 2.70. The second-order valence-electron chi connectivity index (χ2n) is 2.14. The van der Waals surface area contributed by atoms with Crippen LogP contribution in [0.4, 0.5) is 0 Å². The number of rotatable bonds is 1. The Morgan fingerprint density at radius 3 is 2.64 bits per heavy atom. The zero-order valence-electron chi connectivity index (χ0n) is 7.30. The lowest BCUT2D eigenvalue weighted by atomic mass is 10.0. The molecule has 11 heavy (non-hydrogen) atoms. The van der Waals surface area contributed by atoms with E-state index in [-0.39, 0.29) is 23.2 Å². The average Bonchev–Trinajstić information content (AvgIpc) is 2.02. The zero-order chi connectivity index (χ0) is 9.30. The number of hydrogen-bond donors (Lipinski definition) is 0. The number of carbonyl (C=O) groups excluding carboxylic acids is 2. The largest absolute Gasteiger partial charge is 0.492 e. The molecule has 0 atom stereocenters. The number of hydrogen-bond acceptors (Lipinski definition) is 3. The van der Waals surface area contributed by atoms with Crippen LogP contribution in [-0.4, -0.2) is 18.7 Å². The normalized spacial score (nSPS) is 19.8. The molecule has 58 valence electrons. The van der Waals surface area contributed by atoms with Gasteiger partial charge in [-0.15, -0.1) is 0 Å². The van der Waals surface area contributed by atoms with Crippen LogP contribution >= 0.6 is 0 Å². The van der Waals surface area contributed by atoms with Crippen molar-refractivity contribution in [3.63, 3.8) is 0 Å². The Morgan fingerprint density at radius 1 is 1.45 bits per heavy atom. The van der Waals surface area contributed by atoms with Crippen LogP contribution in [-0.2, 0) is 14.3 Å². The summed E-state index contributed by atoms with van der Waals surface area (Å²) >= 11 is 0. The maximum absolute atomic E-state index is 11.1. The first kappa shape index (κ1) is 6.34. The number of carbonyl (C=O) groups is 2. The predicted octanol–water partition coefficient (Wildman–Crippen LogP) is 0.615. The Kier molecular flexibility index (Phi) is 1.55. The minimum atomic E-state index is -0.533. The Balaban J connectivity index is 3.17. The van der Waals surface area contributed by atoms with Gasteiger partial charge in [-0.3, -0.25) is 9.59 Å². The van der Waals surface area contributed by atoms with Gasteiger partial charge in [-0.25, -0.2) is 0 Å². The van der Waals surface area contributed by atoms with E-state index in [0.717, 1.165) is 6.08 Å². The van der Waals surface area contributed by atoms with Gasteiger partial charge in [0.1, 0.15) is 0 Å². The molecule has 1 aliphatic carbocycles. The topological polar surface area (TPSA) is 43.4 Å². The third kappa shape index (κ3) is 1.22. The highest BCUT2D eigenvalue weighted by molar-refractivity contribution is 6.18. The quantitative estimate of drug-likeness (QED) is 0.518. The van der Waals surface area contributed by atoms with Gasteiger partial charge in [-0.1, -0.05) is 0 Å². The minimum Gasteiger partial charge on any atom is -0.492 e. The zero-order valence-corrected chi connectivity index (χ0v) is 6.30. The lowest BCUT2D eigenvalue weighted by molar-refractivity contribution is -0.117. The Bertz CT molecular complexity index is 312. The minimum absolute atomic E-state index is 0.0208. The van der Waals surface area contributed by atoms with Crippen molar-refractivity contribution in [1.29, 1.82) is 0 Å². The fourth-order valence-electron chi connectivity index (χ4n) is 0.833. The van der Waals surface area contributed by atoms with Gasteiger partial charge in [0, 0.05) is 5.57 Å². The number of allylic oxidation sites excluding steroid dienone is 3. The molecule has 0 bridgehead atoms. The summed E-state index contributed by atoms with van der Waals surface area (Å²) in [5.74, 6) is -0.890. The standard InChI is InChI=1S/C8H8O3/c1-5-6(9)3-4-7(10)8(5)11-2/h3-4H,1-2H3/i4D. The van der Waals surface area contributed by atoms with Crippen LogP contribution in [0.15, 0.2) is 23.5 Å². The van der Waals surface area contributed by atoms with E-state index in [1.54, 1.807) is 0 Å². The summed E-state index contributed by atoms with van der Waals surface area (Å²) in [4.78, 5) is 22.2. The van der Waals surface area contributed by atoms with Crippen molar-refractivity contribution < 1.29 is 15.7 Å². The molecule has 0 radical (unpaired) electrons. The van der Waals surface area contributed by atoms with Crippen molar-refractivity contribution in [3.05, 3.63) is 23.5 Å². The van der Waals surface area contributed by atoms with Crippen molar-refractivity contribution in [2.75, 3.05) is 7.11 Å². The molecule has 0 heterocycles.